The fraction of sp³-hybridized carbons (Fsp3) is 0.762. The zero-order valence-corrected chi connectivity index (χ0v) is 17.2. The minimum atomic E-state index is -0.303. The van der Waals surface area contributed by atoms with Crippen LogP contribution in [0.4, 0.5) is 0 Å². The number of hydrogen-bond acceptors (Lipinski definition) is 4. The lowest BCUT2D eigenvalue weighted by molar-refractivity contribution is -0.136. The molecule has 4 rings (SSSR count). The van der Waals surface area contributed by atoms with Crippen LogP contribution in [0, 0.1) is 5.92 Å². The van der Waals surface area contributed by atoms with E-state index in [-0.39, 0.29) is 23.4 Å². The Morgan fingerprint density at radius 1 is 1.18 bits per heavy atom. The highest BCUT2D eigenvalue weighted by Gasteiger charge is 2.47. The van der Waals surface area contributed by atoms with E-state index in [0.717, 1.165) is 69.7 Å². The van der Waals surface area contributed by atoms with E-state index in [2.05, 4.69) is 29.1 Å². The molecule has 2 amide bonds. The highest BCUT2D eigenvalue weighted by atomic mass is 16.2. The van der Waals surface area contributed by atoms with Crippen LogP contribution in [0.1, 0.15) is 63.8 Å². The number of hydrogen-bond donors (Lipinski definition) is 2. The standard InChI is InChI=1S/C21H33N5O2/c1-15(2)5-6-18(27)25-11-7-21(8-12-25)19-16(22-14-23-19)13-17(24-21)20(28)26-9-3-4-10-26/h14-15,17,24H,3-13H2,1-2H3,(H,22,23)/t17-/m0/s1. The normalized spacial score (nSPS) is 24.0. The molecule has 0 aliphatic carbocycles. The molecule has 3 aliphatic rings. The number of aromatic amines is 1. The van der Waals surface area contributed by atoms with E-state index >= 15 is 0 Å². The molecule has 1 aromatic heterocycles. The Morgan fingerprint density at radius 3 is 2.57 bits per heavy atom. The molecule has 28 heavy (non-hydrogen) atoms. The fourth-order valence-corrected chi connectivity index (χ4v) is 4.94. The molecule has 0 saturated carbocycles. The van der Waals surface area contributed by atoms with Crippen molar-refractivity contribution in [3.63, 3.8) is 0 Å². The summed E-state index contributed by atoms with van der Waals surface area (Å²) >= 11 is 0. The summed E-state index contributed by atoms with van der Waals surface area (Å²) in [6.45, 7) is 7.50. The molecule has 4 heterocycles. The van der Waals surface area contributed by atoms with Crippen molar-refractivity contribution in [1.82, 2.24) is 25.1 Å². The summed E-state index contributed by atoms with van der Waals surface area (Å²) in [6.07, 6.45) is 7.81. The Balaban J connectivity index is 1.46. The quantitative estimate of drug-likeness (QED) is 0.825. The lowest BCUT2D eigenvalue weighted by Gasteiger charge is -2.46. The maximum Gasteiger partial charge on any atom is 0.240 e. The van der Waals surface area contributed by atoms with Crippen LogP contribution in [0.15, 0.2) is 6.33 Å². The summed E-state index contributed by atoms with van der Waals surface area (Å²) in [7, 11) is 0. The van der Waals surface area contributed by atoms with E-state index in [4.69, 9.17) is 0 Å². The van der Waals surface area contributed by atoms with Crippen LogP contribution in [-0.4, -0.2) is 63.8 Å². The topological polar surface area (TPSA) is 81.3 Å². The second kappa shape index (κ2) is 7.85. The first-order valence-corrected chi connectivity index (χ1v) is 10.9. The largest absolute Gasteiger partial charge is 0.348 e. The number of aromatic nitrogens is 2. The van der Waals surface area contributed by atoms with Crippen molar-refractivity contribution in [2.24, 2.45) is 5.92 Å². The molecule has 154 valence electrons. The molecule has 3 aliphatic heterocycles. The molecule has 1 atom stereocenters. The first kappa shape index (κ1) is 19.4. The van der Waals surface area contributed by atoms with Gasteiger partial charge in [0.25, 0.3) is 0 Å². The molecule has 0 unspecified atom stereocenters. The molecule has 1 aromatic rings. The second-order valence-corrected chi connectivity index (χ2v) is 9.06. The van der Waals surface area contributed by atoms with Gasteiger partial charge in [-0.2, -0.15) is 0 Å². The number of imidazole rings is 1. The van der Waals surface area contributed by atoms with Gasteiger partial charge in [-0.3, -0.25) is 14.9 Å². The van der Waals surface area contributed by atoms with Gasteiger partial charge in [-0.1, -0.05) is 13.8 Å². The van der Waals surface area contributed by atoms with Gasteiger partial charge in [0, 0.05) is 44.7 Å². The number of carbonyl (C=O) groups is 2. The number of amides is 2. The van der Waals surface area contributed by atoms with Crippen molar-refractivity contribution in [2.45, 2.75) is 70.4 Å². The van der Waals surface area contributed by atoms with Crippen LogP contribution in [-0.2, 0) is 21.5 Å². The third-order valence-corrected chi connectivity index (χ3v) is 6.65. The first-order valence-electron chi connectivity index (χ1n) is 10.9. The Kier molecular flexibility index (Phi) is 5.45. The third-order valence-electron chi connectivity index (χ3n) is 6.65. The predicted octanol–water partition coefficient (Wildman–Crippen LogP) is 1.80. The molecule has 2 saturated heterocycles. The van der Waals surface area contributed by atoms with Crippen LogP contribution in [0.25, 0.3) is 0 Å². The lowest BCUT2D eigenvalue weighted by Crippen LogP contribution is -2.62. The van der Waals surface area contributed by atoms with Crippen molar-refractivity contribution < 1.29 is 9.59 Å². The van der Waals surface area contributed by atoms with Gasteiger partial charge in [-0.25, -0.2) is 4.98 Å². The number of nitrogens with zero attached hydrogens (tertiary/aromatic N) is 3. The molecule has 1 spiro atoms. The number of nitrogens with one attached hydrogen (secondary N) is 2. The van der Waals surface area contributed by atoms with Crippen molar-refractivity contribution in [3.8, 4) is 0 Å². The molecule has 7 nitrogen and oxygen atoms in total. The minimum absolute atomic E-state index is 0.200. The average Bonchev–Trinajstić information content (AvgIpc) is 3.38. The van der Waals surface area contributed by atoms with Gasteiger partial charge >= 0.3 is 0 Å². The van der Waals surface area contributed by atoms with Crippen LogP contribution in [0.3, 0.4) is 0 Å². The smallest absolute Gasteiger partial charge is 0.240 e. The van der Waals surface area contributed by atoms with E-state index < -0.39 is 0 Å². The minimum Gasteiger partial charge on any atom is -0.348 e. The molecule has 0 bridgehead atoms. The lowest BCUT2D eigenvalue weighted by atomic mass is 9.78. The molecule has 0 aromatic carbocycles. The van der Waals surface area contributed by atoms with Gasteiger partial charge in [0.1, 0.15) is 0 Å². The van der Waals surface area contributed by atoms with Crippen LogP contribution in [0.5, 0.6) is 0 Å². The van der Waals surface area contributed by atoms with Gasteiger partial charge in [0.05, 0.1) is 23.6 Å². The predicted molar refractivity (Wildman–Crippen MR) is 107 cm³/mol. The van der Waals surface area contributed by atoms with Crippen molar-refractivity contribution in [2.75, 3.05) is 26.2 Å². The van der Waals surface area contributed by atoms with Crippen LogP contribution < -0.4 is 5.32 Å². The zero-order chi connectivity index (χ0) is 19.7. The summed E-state index contributed by atoms with van der Waals surface area (Å²) in [5.41, 5.74) is 1.82. The molecule has 2 fully saturated rings. The van der Waals surface area contributed by atoms with Gasteiger partial charge in [0.2, 0.25) is 11.8 Å². The molecular weight excluding hydrogens is 354 g/mol. The highest BCUT2D eigenvalue weighted by Crippen LogP contribution is 2.38. The summed E-state index contributed by atoms with van der Waals surface area (Å²) in [4.78, 5) is 37.5. The maximum absolute atomic E-state index is 13.0. The Morgan fingerprint density at radius 2 is 1.89 bits per heavy atom. The number of carbonyl (C=O) groups excluding carboxylic acids is 2. The first-order chi connectivity index (χ1) is 13.5. The number of likely N-dealkylation sites (tertiary alicyclic amines) is 2. The van der Waals surface area contributed by atoms with Crippen LogP contribution >= 0.6 is 0 Å². The summed E-state index contributed by atoms with van der Waals surface area (Å²) in [6, 6.07) is -0.200. The van der Waals surface area contributed by atoms with E-state index in [1.54, 1.807) is 6.33 Å². The van der Waals surface area contributed by atoms with Gasteiger partial charge < -0.3 is 14.8 Å². The van der Waals surface area contributed by atoms with Gasteiger partial charge in [-0.15, -0.1) is 0 Å². The highest BCUT2D eigenvalue weighted by molar-refractivity contribution is 5.83. The number of rotatable bonds is 4. The number of H-pyrrole nitrogens is 1. The third kappa shape index (κ3) is 3.69. The number of piperidine rings is 1. The Labute approximate surface area is 167 Å². The average molecular weight is 388 g/mol. The molecule has 7 heteroatoms. The second-order valence-electron chi connectivity index (χ2n) is 9.06. The maximum atomic E-state index is 13.0. The molecular formula is C21H33N5O2. The molecule has 0 radical (unpaired) electrons. The monoisotopic (exact) mass is 387 g/mol. The Hall–Kier alpha value is -1.89. The fourth-order valence-electron chi connectivity index (χ4n) is 4.94. The summed E-state index contributed by atoms with van der Waals surface area (Å²) in [5.74, 6) is 1.02. The van der Waals surface area contributed by atoms with Crippen molar-refractivity contribution >= 4 is 11.8 Å². The van der Waals surface area contributed by atoms with E-state index in [0.29, 0.717) is 18.8 Å². The van der Waals surface area contributed by atoms with Crippen molar-refractivity contribution in [3.05, 3.63) is 17.7 Å². The van der Waals surface area contributed by atoms with E-state index in [9.17, 15) is 9.59 Å². The van der Waals surface area contributed by atoms with Crippen LogP contribution in [0.2, 0.25) is 0 Å². The molecule has 2 N–H and O–H groups in total. The number of fused-ring (bicyclic) bond motifs is 2. The van der Waals surface area contributed by atoms with E-state index in [1.807, 2.05) is 9.80 Å². The zero-order valence-electron chi connectivity index (χ0n) is 17.2. The summed E-state index contributed by atoms with van der Waals surface area (Å²) < 4.78 is 0. The summed E-state index contributed by atoms with van der Waals surface area (Å²) in [5, 5.41) is 3.69. The van der Waals surface area contributed by atoms with E-state index in [1.165, 1.54) is 0 Å². The van der Waals surface area contributed by atoms with Gasteiger partial charge in [0.15, 0.2) is 0 Å². The van der Waals surface area contributed by atoms with Crippen molar-refractivity contribution in [1.29, 1.82) is 0 Å². The SMILES string of the molecule is CC(C)CCC(=O)N1CCC2(CC1)N[C@H](C(=O)N1CCCC1)Cc1[nH]cnc12. The van der Waals surface area contributed by atoms with Gasteiger partial charge in [-0.05, 0) is 38.0 Å². The Bertz CT molecular complexity index is 714.